The highest BCUT2D eigenvalue weighted by atomic mass is 32.2. The Bertz CT molecular complexity index is 1310. The summed E-state index contributed by atoms with van der Waals surface area (Å²) in [5.74, 6) is 0. The van der Waals surface area contributed by atoms with Crippen molar-refractivity contribution in [3.63, 3.8) is 0 Å². The lowest BCUT2D eigenvalue weighted by Gasteiger charge is -2.33. The van der Waals surface area contributed by atoms with Crippen LogP contribution in [0, 0.1) is 0 Å². The molecule has 0 amide bonds. The summed E-state index contributed by atoms with van der Waals surface area (Å²) in [6.45, 7) is 2.96. The van der Waals surface area contributed by atoms with Crippen LogP contribution in [-0.4, -0.2) is 58.8 Å². The van der Waals surface area contributed by atoms with Crippen LogP contribution in [0.1, 0.15) is 5.69 Å². The number of para-hydroxylation sites is 1. The molecule has 29 heavy (non-hydrogen) atoms. The highest BCUT2D eigenvalue weighted by Gasteiger charge is 2.29. The van der Waals surface area contributed by atoms with Crippen LogP contribution in [0.2, 0.25) is 0 Å². The van der Waals surface area contributed by atoms with Crippen LogP contribution >= 0.6 is 0 Å². The second-order valence-electron chi connectivity index (χ2n) is 7.35. The third kappa shape index (κ3) is 3.37. The molecule has 3 N–H and O–H groups in total. The Hall–Kier alpha value is -2.88. The van der Waals surface area contributed by atoms with Gasteiger partial charge in [0.2, 0.25) is 10.0 Å². The summed E-state index contributed by atoms with van der Waals surface area (Å²) in [5.41, 5.74) is 2.98. The van der Waals surface area contributed by atoms with Gasteiger partial charge in [0.25, 0.3) is 0 Å². The molecule has 0 spiro atoms. The van der Waals surface area contributed by atoms with Crippen molar-refractivity contribution in [2.24, 2.45) is 0 Å². The third-order valence-corrected chi connectivity index (χ3v) is 7.33. The Balaban J connectivity index is 1.29. The number of fused-ring (bicyclic) bond motifs is 2. The van der Waals surface area contributed by atoms with E-state index >= 15 is 0 Å². The number of nitrogens with one attached hydrogen (secondary N) is 3. The minimum atomic E-state index is -3.60. The summed E-state index contributed by atoms with van der Waals surface area (Å²) in [7, 11) is -3.60. The van der Waals surface area contributed by atoms with Crippen LogP contribution in [0.3, 0.4) is 0 Å². The highest BCUT2D eigenvalue weighted by molar-refractivity contribution is 7.89. The standard InChI is InChI=1S/C20H21N5O3S/c26-20-22-18-6-5-16(12-19(18)23-20)29(27,28)25-9-7-24(8-10-25)13-15-11-14-3-1-2-4-17(14)21-15/h1-6,11-12,21H,7-10,13H2,(H2,22,23,26). The highest BCUT2D eigenvalue weighted by Crippen LogP contribution is 2.22. The van der Waals surface area contributed by atoms with Crippen molar-refractivity contribution in [2.45, 2.75) is 11.4 Å². The third-order valence-electron chi connectivity index (χ3n) is 5.44. The molecule has 0 bridgehead atoms. The summed E-state index contributed by atoms with van der Waals surface area (Å²) in [5, 5.41) is 1.18. The van der Waals surface area contributed by atoms with Crippen LogP contribution in [0.25, 0.3) is 21.9 Å². The molecular formula is C20H21N5O3S. The lowest BCUT2D eigenvalue weighted by molar-refractivity contribution is 0.180. The largest absolute Gasteiger partial charge is 0.357 e. The molecule has 0 radical (unpaired) electrons. The predicted octanol–water partition coefficient (Wildman–Crippen LogP) is 1.84. The van der Waals surface area contributed by atoms with Gasteiger partial charge >= 0.3 is 5.69 Å². The van der Waals surface area contributed by atoms with E-state index in [0.29, 0.717) is 37.2 Å². The molecule has 2 aromatic heterocycles. The molecule has 4 aromatic rings. The molecule has 0 atom stereocenters. The molecular weight excluding hydrogens is 390 g/mol. The van der Waals surface area contributed by atoms with Gasteiger partial charge in [0.1, 0.15) is 0 Å². The monoisotopic (exact) mass is 411 g/mol. The maximum Gasteiger partial charge on any atom is 0.323 e. The molecule has 9 heteroatoms. The van der Waals surface area contributed by atoms with Gasteiger partial charge in [-0.15, -0.1) is 0 Å². The summed E-state index contributed by atoms with van der Waals surface area (Å²) in [6.07, 6.45) is 0. The first kappa shape index (κ1) is 18.2. The summed E-state index contributed by atoms with van der Waals surface area (Å²) >= 11 is 0. The van der Waals surface area contributed by atoms with Crippen molar-refractivity contribution in [3.05, 3.63) is 64.7 Å². The van der Waals surface area contributed by atoms with E-state index < -0.39 is 10.0 Å². The number of piperazine rings is 1. The molecule has 0 aliphatic carbocycles. The molecule has 0 unspecified atom stereocenters. The number of H-pyrrole nitrogens is 3. The molecule has 1 fully saturated rings. The summed E-state index contributed by atoms with van der Waals surface area (Å²) in [6, 6.07) is 15.0. The number of benzene rings is 2. The first-order valence-electron chi connectivity index (χ1n) is 9.50. The van der Waals surface area contributed by atoms with Gasteiger partial charge < -0.3 is 15.0 Å². The van der Waals surface area contributed by atoms with Gasteiger partial charge in [-0.2, -0.15) is 4.31 Å². The smallest absolute Gasteiger partial charge is 0.323 e. The lowest BCUT2D eigenvalue weighted by atomic mass is 10.2. The lowest BCUT2D eigenvalue weighted by Crippen LogP contribution is -2.48. The number of hydrogen-bond donors (Lipinski definition) is 3. The molecule has 150 valence electrons. The Labute approximate surface area is 167 Å². The van der Waals surface area contributed by atoms with Crippen molar-refractivity contribution in [1.82, 2.24) is 24.2 Å². The zero-order valence-electron chi connectivity index (χ0n) is 15.7. The molecule has 1 saturated heterocycles. The number of aromatic nitrogens is 3. The fraction of sp³-hybridized carbons (Fsp3) is 0.250. The normalized spacial score (nSPS) is 16.7. The van der Waals surface area contributed by atoms with Gasteiger partial charge in [0.05, 0.1) is 15.9 Å². The minimum Gasteiger partial charge on any atom is -0.357 e. The van der Waals surface area contributed by atoms with Gasteiger partial charge in [-0.05, 0) is 35.7 Å². The maximum absolute atomic E-state index is 13.0. The summed E-state index contributed by atoms with van der Waals surface area (Å²) in [4.78, 5) is 22.5. The first-order valence-corrected chi connectivity index (χ1v) is 10.9. The molecule has 3 heterocycles. The van der Waals surface area contributed by atoms with Crippen LogP contribution < -0.4 is 5.69 Å². The molecule has 1 aliphatic rings. The van der Waals surface area contributed by atoms with Crippen LogP contribution in [0.5, 0.6) is 0 Å². The zero-order chi connectivity index (χ0) is 20.0. The molecule has 1 aliphatic heterocycles. The molecule has 8 nitrogen and oxygen atoms in total. The van der Waals surface area contributed by atoms with E-state index in [2.05, 4.69) is 38.1 Å². The van der Waals surface area contributed by atoms with Gasteiger partial charge in [0.15, 0.2) is 0 Å². The summed E-state index contributed by atoms with van der Waals surface area (Å²) < 4.78 is 27.6. The van der Waals surface area contributed by atoms with Crippen LogP contribution in [0.15, 0.2) is 58.2 Å². The van der Waals surface area contributed by atoms with Crippen molar-refractivity contribution < 1.29 is 8.42 Å². The number of nitrogens with zero attached hydrogens (tertiary/aromatic N) is 2. The Kier molecular flexibility index (Phi) is 4.30. The number of aromatic amines is 3. The fourth-order valence-electron chi connectivity index (χ4n) is 3.91. The Morgan fingerprint density at radius 1 is 0.828 bits per heavy atom. The van der Waals surface area contributed by atoms with Crippen molar-refractivity contribution in [2.75, 3.05) is 26.2 Å². The van der Waals surface area contributed by atoms with Gasteiger partial charge in [-0.1, -0.05) is 18.2 Å². The van der Waals surface area contributed by atoms with Crippen molar-refractivity contribution in [3.8, 4) is 0 Å². The van der Waals surface area contributed by atoms with E-state index in [4.69, 9.17) is 0 Å². The molecule has 2 aromatic carbocycles. The quantitative estimate of drug-likeness (QED) is 0.477. The van der Waals surface area contributed by atoms with E-state index in [1.807, 2.05) is 12.1 Å². The van der Waals surface area contributed by atoms with Gasteiger partial charge in [0, 0.05) is 43.9 Å². The average Bonchev–Trinajstić information content (AvgIpc) is 3.29. The number of imidazole rings is 1. The van der Waals surface area contributed by atoms with E-state index in [1.165, 1.54) is 21.8 Å². The number of hydrogen-bond acceptors (Lipinski definition) is 4. The molecule has 5 rings (SSSR count). The number of sulfonamides is 1. The van der Waals surface area contributed by atoms with Crippen molar-refractivity contribution >= 4 is 32.0 Å². The second kappa shape index (κ2) is 6.87. The predicted molar refractivity (Wildman–Crippen MR) is 111 cm³/mol. The minimum absolute atomic E-state index is 0.198. The second-order valence-corrected chi connectivity index (χ2v) is 9.29. The Morgan fingerprint density at radius 2 is 1.59 bits per heavy atom. The Morgan fingerprint density at radius 3 is 2.38 bits per heavy atom. The van der Waals surface area contributed by atoms with E-state index in [9.17, 15) is 13.2 Å². The number of rotatable bonds is 4. The maximum atomic E-state index is 13.0. The van der Waals surface area contributed by atoms with E-state index in [0.717, 1.165) is 17.8 Å². The topological polar surface area (TPSA) is 105 Å². The first-order chi connectivity index (χ1) is 14.0. The van der Waals surface area contributed by atoms with E-state index in [1.54, 1.807) is 6.07 Å². The van der Waals surface area contributed by atoms with Crippen LogP contribution in [0.4, 0.5) is 0 Å². The SMILES string of the molecule is O=c1[nH]c2ccc(S(=O)(=O)N3CCN(Cc4cc5ccccc5[nH]4)CC3)cc2[nH]1. The van der Waals surface area contributed by atoms with Crippen LogP contribution in [-0.2, 0) is 16.6 Å². The zero-order valence-corrected chi connectivity index (χ0v) is 16.5. The van der Waals surface area contributed by atoms with E-state index in [-0.39, 0.29) is 10.6 Å². The molecule has 0 saturated carbocycles. The fourth-order valence-corrected chi connectivity index (χ4v) is 5.36. The van der Waals surface area contributed by atoms with Crippen molar-refractivity contribution in [1.29, 1.82) is 0 Å². The van der Waals surface area contributed by atoms with Gasteiger partial charge in [-0.25, -0.2) is 13.2 Å². The average molecular weight is 411 g/mol. The van der Waals surface area contributed by atoms with Gasteiger partial charge in [-0.3, -0.25) is 4.90 Å².